The Bertz CT molecular complexity index is 263. The lowest BCUT2D eigenvalue weighted by Gasteiger charge is -2.20. The molecule has 1 rings (SSSR count). The number of nitrogens with two attached hydrogens (primary N) is 1. The smallest absolute Gasteiger partial charge is 0.142 e. The first-order valence-corrected chi connectivity index (χ1v) is 4.34. The fourth-order valence-electron chi connectivity index (χ4n) is 1.26. The highest BCUT2D eigenvalue weighted by molar-refractivity contribution is 5.57. The SMILES string of the molecule is COc1ccccc1N(C)CCN. The van der Waals surface area contributed by atoms with E-state index in [1.165, 1.54) is 0 Å². The van der Waals surface area contributed by atoms with Crippen LogP contribution in [-0.4, -0.2) is 27.2 Å². The van der Waals surface area contributed by atoms with Gasteiger partial charge >= 0.3 is 0 Å². The Labute approximate surface area is 79.1 Å². The van der Waals surface area contributed by atoms with Crippen molar-refractivity contribution >= 4 is 5.69 Å². The quantitative estimate of drug-likeness (QED) is 0.753. The predicted octanol–water partition coefficient (Wildman–Crippen LogP) is 1.09. The van der Waals surface area contributed by atoms with E-state index in [2.05, 4.69) is 4.90 Å². The summed E-state index contributed by atoms with van der Waals surface area (Å²) in [6, 6.07) is 7.92. The van der Waals surface area contributed by atoms with Crippen molar-refractivity contribution in [2.75, 3.05) is 32.1 Å². The molecule has 0 saturated carbocycles. The Morgan fingerprint density at radius 1 is 1.38 bits per heavy atom. The van der Waals surface area contributed by atoms with Crippen LogP contribution in [-0.2, 0) is 0 Å². The minimum Gasteiger partial charge on any atom is -0.495 e. The minimum absolute atomic E-state index is 0.647. The zero-order valence-corrected chi connectivity index (χ0v) is 8.16. The molecule has 1 aromatic carbocycles. The van der Waals surface area contributed by atoms with Gasteiger partial charge in [0.05, 0.1) is 12.8 Å². The van der Waals surface area contributed by atoms with E-state index in [0.717, 1.165) is 18.0 Å². The Morgan fingerprint density at radius 3 is 2.69 bits per heavy atom. The Hall–Kier alpha value is -1.22. The number of rotatable bonds is 4. The predicted molar refractivity (Wildman–Crippen MR) is 55.3 cm³/mol. The van der Waals surface area contributed by atoms with Gasteiger partial charge in [-0.25, -0.2) is 0 Å². The van der Waals surface area contributed by atoms with E-state index < -0.39 is 0 Å². The van der Waals surface area contributed by atoms with Gasteiger partial charge in [0.1, 0.15) is 5.75 Å². The van der Waals surface area contributed by atoms with E-state index >= 15 is 0 Å². The maximum atomic E-state index is 5.48. The van der Waals surface area contributed by atoms with Crippen molar-refractivity contribution in [3.8, 4) is 5.75 Å². The maximum absolute atomic E-state index is 5.48. The third-order valence-electron chi connectivity index (χ3n) is 1.96. The zero-order chi connectivity index (χ0) is 9.68. The summed E-state index contributed by atoms with van der Waals surface area (Å²) < 4.78 is 5.23. The third kappa shape index (κ3) is 2.36. The molecule has 0 radical (unpaired) electrons. The van der Waals surface area contributed by atoms with Crippen LogP contribution in [0.3, 0.4) is 0 Å². The van der Waals surface area contributed by atoms with Crippen LogP contribution in [0.1, 0.15) is 0 Å². The van der Waals surface area contributed by atoms with Crippen LogP contribution in [0.5, 0.6) is 5.75 Å². The maximum Gasteiger partial charge on any atom is 0.142 e. The van der Waals surface area contributed by atoms with Crippen LogP contribution in [0.2, 0.25) is 0 Å². The molecule has 72 valence electrons. The molecule has 0 aliphatic heterocycles. The van der Waals surface area contributed by atoms with Crippen LogP contribution >= 0.6 is 0 Å². The molecule has 0 amide bonds. The first-order valence-electron chi connectivity index (χ1n) is 4.34. The summed E-state index contributed by atoms with van der Waals surface area (Å²) >= 11 is 0. The van der Waals surface area contributed by atoms with Gasteiger partial charge in [0, 0.05) is 20.1 Å². The summed E-state index contributed by atoms with van der Waals surface area (Å²) in [7, 11) is 3.68. The van der Waals surface area contributed by atoms with Crippen molar-refractivity contribution in [1.29, 1.82) is 0 Å². The molecule has 0 bridgehead atoms. The van der Waals surface area contributed by atoms with Gasteiger partial charge in [-0.15, -0.1) is 0 Å². The second-order valence-electron chi connectivity index (χ2n) is 2.88. The fourth-order valence-corrected chi connectivity index (χ4v) is 1.26. The monoisotopic (exact) mass is 180 g/mol. The number of benzene rings is 1. The van der Waals surface area contributed by atoms with Crippen molar-refractivity contribution in [2.24, 2.45) is 5.73 Å². The number of methoxy groups -OCH3 is 1. The number of likely N-dealkylation sites (N-methyl/N-ethyl adjacent to an activating group) is 1. The third-order valence-corrected chi connectivity index (χ3v) is 1.96. The lowest BCUT2D eigenvalue weighted by atomic mass is 10.2. The molecule has 0 saturated heterocycles. The summed E-state index contributed by atoms with van der Waals surface area (Å²) in [6.45, 7) is 1.48. The number of hydrogen-bond acceptors (Lipinski definition) is 3. The highest BCUT2D eigenvalue weighted by atomic mass is 16.5. The molecule has 0 aromatic heterocycles. The molecule has 3 heteroatoms. The molecule has 1 aromatic rings. The molecule has 0 atom stereocenters. The van der Waals surface area contributed by atoms with E-state index in [1.54, 1.807) is 7.11 Å². The summed E-state index contributed by atoms with van der Waals surface area (Å²) in [4.78, 5) is 2.08. The van der Waals surface area contributed by atoms with Crippen LogP contribution in [0, 0.1) is 0 Å². The molecule has 0 aliphatic carbocycles. The van der Waals surface area contributed by atoms with Crippen molar-refractivity contribution in [1.82, 2.24) is 0 Å². The molecule has 0 heterocycles. The molecule has 0 fully saturated rings. The Kier molecular flexibility index (Phi) is 3.58. The summed E-state index contributed by atoms with van der Waals surface area (Å²) in [5, 5.41) is 0. The van der Waals surface area contributed by atoms with Crippen LogP contribution in [0.4, 0.5) is 5.69 Å². The standard InChI is InChI=1S/C10H16N2O/c1-12(8-7-11)9-5-3-4-6-10(9)13-2/h3-6H,7-8,11H2,1-2H3. The molecule has 2 N–H and O–H groups in total. The average molecular weight is 180 g/mol. The summed E-state index contributed by atoms with van der Waals surface area (Å²) in [5.41, 5.74) is 6.55. The lowest BCUT2D eigenvalue weighted by Crippen LogP contribution is -2.25. The molecule has 0 spiro atoms. The zero-order valence-electron chi connectivity index (χ0n) is 8.16. The first-order chi connectivity index (χ1) is 6.29. The molecule has 0 aliphatic rings. The largest absolute Gasteiger partial charge is 0.495 e. The summed E-state index contributed by atoms with van der Waals surface area (Å²) in [6.07, 6.45) is 0. The summed E-state index contributed by atoms with van der Waals surface area (Å²) in [5.74, 6) is 0.887. The van der Waals surface area contributed by atoms with Gasteiger partial charge in [0.15, 0.2) is 0 Å². The molecule has 13 heavy (non-hydrogen) atoms. The van der Waals surface area contributed by atoms with Gasteiger partial charge in [-0.3, -0.25) is 0 Å². The highest BCUT2D eigenvalue weighted by Crippen LogP contribution is 2.25. The van der Waals surface area contributed by atoms with Crippen molar-refractivity contribution in [3.63, 3.8) is 0 Å². The van der Waals surface area contributed by atoms with Gasteiger partial charge in [0.2, 0.25) is 0 Å². The normalized spacial score (nSPS) is 9.77. The van der Waals surface area contributed by atoms with Gasteiger partial charge < -0.3 is 15.4 Å². The van der Waals surface area contributed by atoms with Crippen LogP contribution in [0.15, 0.2) is 24.3 Å². The van der Waals surface area contributed by atoms with E-state index in [1.807, 2.05) is 31.3 Å². The van der Waals surface area contributed by atoms with Gasteiger partial charge in [-0.1, -0.05) is 12.1 Å². The van der Waals surface area contributed by atoms with Gasteiger partial charge in [-0.05, 0) is 12.1 Å². The fraction of sp³-hybridized carbons (Fsp3) is 0.400. The topological polar surface area (TPSA) is 38.5 Å². The van der Waals surface area contributed by atoms with Crippen LogP contribution in [0.25, 0.3) is 0 Å². The number of hydrogen-bond donors (Lipinski definition) is 1. The Morgan fingerprint density at radius 2 is 2.08 bits per heavy atom. The van der Waals surface area contributed by atoms with E-state index in [4.69, 9.17) is 10.5 Å². The first kappa shape index (κ1) is 9.86. The van der Waals surface area contributed by atoms with Crippen molar-refractivity contribution in [2.45, 2.75) is 0 Å². The van der Waals surface area contributed by atoms with Crippen molar-refractivity contribution < 1.29 is 4.74 Å². The second-order valence-corrected chi connectivity index (χ2v) is 2.88. The molecule has 3 nitrogen and oxygen atoms in total. The molecule has 0 unspecified atom stereocenters. The van der Waals surface area contributed by atoms with E-state index in [-0.39, 0.29) is 0 Å². The van der Waals surface area contributed by atoms with Gasteiger partial charge in [-0.2, -0.15) is 0 Å². The lowest BCUT2D eigenvalue weighted by molar-refractivity contribution is 0.415. The Balaban J connectivity index is 2.85. The molecular weight excluding hydrogens is 164 g/mol. The number of nitrogens with zero attached hydrogens (tertiary/aromatic N) is 1. The number of anilines is 1. The van der Waals surface area contributed by atoms with E-state index in [9.17, 15) is 0 Å². The molecular formula is C10H16N2O. The van der Waals surface area contributed by atoms with Gasteiger partial charge in [0.25, 0.3) is 0 Å². The highest BCUT2D eigenvalue weighted by Gasteiger charge is 2.04. The minimum atomic E-state index is 0.647. The van der Waals surface area contributed by atoms with Crippen molar-refractivity contribution in [3.05, 3.63) is 24.3 Å². The number of ether oxygens (including phenoxy) is 1. The second kappa shape index (κ2) is 4.72. The average Bonchev–Trinajstić information content (AvgIpc) is 2.18. The van der Waals surface area contributed by atoms with E-state index in [0.29, 0.717) is 6.54 Å². The number of para-hydroxylation sites is 2. The van der Waals surface area contributed by atoms with Crippen LogP contribution < -0.4 is 15.4 Å².